The lowest BCUT2D eigenvalue weighted by molar-refractivity contribution is -0.119. The Hall–Kier alpha value is -4.49. The van der Waals surface area contributed by atoms with Gasteiger partial charge >= 0.3 is 6.09 Å². The summed E-state index contributed by atoms with van der Waals surface area (Å²) in [6.45, 7) is 8.05. The van der Waals surface area contributed by atoms with E-state index < -0.39 is 23.6 Å². The van der Waals surface area contributed by atoms with Crippen molar-refractivity contribution in [2.45, 2.75) is 71.4 Å². The number of anilines is 2. The number of aliphatic hydroxyl groups excluding tert-OH is 1. The van der Waals surface area contributed by atoms with Crippen LogP contribution in [0.1, 0.15) is 51.7 Å². The molecule has 1 fully saturated rings. The molecule has 0 radical (unpaired) electrons. The highest BCUT2D eigenvalue weighted by molar-refractivity contribution is 6.39. The molecule has 1 aliphatic rings. The predicted octanol–water partition coefficient (Wildman–Crippen LogP) is 7.49. The number of rotatable bonds is 13. The molecule has 0 unspecified atom stereocenters. The molecule has 2 aromatic carbocycles. The van der Waals surface area contributed by atoms with Crippen LogP contribution in [0.4, 0.5) is 20.7 Å². The van der Waals surface area contributed by atoms with Gasteiger partial charge in [-0.15, -0.1) is 0 Å². The van der Waals surface area contributed by atoms with Crippen LogP contribution >= 0.6 is 23.2 Å². The number of nitrogens with zero attached hydrogens (tertiary/aromatic N) is 3. The fourth-order valence-electron chi connectivity index (χ4n) is 5.78. The summed E-state index contributed by atoms with van der Waals surface area (Å²) >= 11 is 13.9. The van der Waals surface area contributed by atoms with Gasteiger partial charge in [0.2, 0.25) is 5.91 Å². The molecule has 2 atom stereocenters. The van der Waals surface area contributed by atoms with E-state index in [1.165, 1.54) is 6.20 Å². The Labute approximate surface area is 312 Å². The van der Waals surface area contributed by atoms with Gasteiger partial charge in [0.1, 0.15) is 11.4 Å². The first-order valence-corrected chi connectivity index (χ1v) is 17.7. The van der Waals surface area contributed by atoms with Crippen LogP contribution in [0.3, 0.4) is 0 Å². The lowest BCUT2D eigenvalue weighted by Crippen LogP contribution is -2.43. The first-order valence-electron chi connectivity index (χ1n) is 16.9. The number of aromatic nitrogens is 2. The molecule has 14 heteroatoms. The van der Waals surface area contributed by atoms with Gasteiger partial charge in [-0.25, -0.2) is 14.2 Å². The Balaban J connectivity index is 1.40. The van der Waals surface area contributed by atoms with Gasteiger partial charge in [0, 0.05) is 72.3 Å². The van der Waals surface area contributed by atoms with Gasteiger partial charge in [-0.1, -0.05) is 47.5 Å². The molecular weight excluding hydrogens is 710 g/mol. The quantitative estimate of drug-likeness (QED) is 0.109. The first kappa shape index (κ1) is 38.7. The molecular formula is C38H43Cl2FN6O5. The van der Waals surface area contributed by atoms with Crippen LogP contribution in [0.15, 0.2) is 60.9 Å². The number of pyridine rings is 2. The van der Waals surface area contributed by atoms with E-state index >= 15 is 4.39 Å². The van der Waals surface area contributed by atoms with Crippen molar-refractivity contribution in [2.75, 3.05) is 25.5 Å². The minimum Gasteiger partial charge on any atom is -0.496 e. The van der Waals surface area contributed by atoms with Crippen molar-refractivity contribution in [3.63, 3.8) is 0 Å². The van der Waals surface area contributed by atoms with Crippen molar-refractivity contribution in [3.8, 4) is 28.1 Å². The molecule has 0 aliphatic carbocycles. The number of carbonyl (C=O) groups excluding carboxylic acids is 2. The molecule has 5 rings (SSSR count). The van der Waals surface area contributed by atoms with Crippen molar-refractivity contribution in [3.05, 3.63) is 87.9 Å². The summed E-state index contributed by atoms with van der Waals surface area (Å²) in [5.41, 5.74) is 3.15. The van der Waals surface area contributed by atoms with E-state index in [-0.39, 0.29) is 37.4 Å². The average Bonchev–Trinajstić information content (AvgIpc) is 3.50. The number of ether oxygens (including phenoxy) is 2. The summed E-state index contributed by atoms with van der Waals surface area (Å²) in [4.78, 5) is 35.4. The Kier molecular flexibility index (Phi) is 12.6. The van der Waals surface area contributed by atoms with Crippen LogP contribution in [-0.4, -0.2) is 69.9 Å². The van der Waals surface area contributed by atoms with Crippen molar-refractivity contribution in [2.24, 2.45) is 0 Å². The van der Waals surface area contributed by atoms with Crippen LogP contribution in [0.25, 0.3) is 22.4 Å². The summed E-state index contributed by atoms with van der Waals surface area (Å²) in [7, 11) is 1.54. The van der Waals surface area contributed by atoms with E-state index in [0.717, 1.165) is 5.56 Å². The van der Waals surface area contributed by atoms with E-state index in [0.29, 0.717) is 68.8 Å². The van der Waals surface area contributed by atoms with Crippen molar-refractivity contribution in [1.29, 1.82) is 0 Å². The summed E-state index contributed by atoms with van der Waals surface area (Å²) < 4.78 is 26.8. The Morgan fingerprint density at radius 2 is 1.85 bits per heavy atom. The summed E-state index contributed by atoms with van der Waals surface area (Å²) in [5, 5.41) is 19.1. The van der Waals surface area contributed by atoms with E-state index in [2.05, 4.69) is 25.9 Å². The third-order valence-corrected chi connectivity index (χ3v) is 9.04. The van der Waals surface area contributed by atoms with Crippen LogP contribution in [0, 0.1) is 5.82 Å². The summed E-state index contributed by atoms with van der Waals surface area (Å²) in [6.07, 6.45) is 3.10. The molecule has 276 valence electrons. The van der Waals surface area contributed by atoms with Gasteiger partial charge in [0.25, 0.3) is 0 Å². The fourth-order valence-corrected chi connectivity index (χ4v) is 6.38. The normalized spacial score (nSPS) is 14.9. The Bertz CT molecular complexity index is 1920. The zero-order chi connectivity index (χ0) is 37.6. The topological polar surface area (TPSA) is 138 Å². The molecule has 0 saturated carbocycles. The van der Waals surface area contributed by atoms with Gasteiger partial charge in [-0.05, 0) is 58.4 Å². The van der Waals surface area contributed by atoms with Gasteiger partial charge in [-0.2, -0.15) is 0 Å². The molecule has 2 aromatic heterocycles. The number of aliphatic hydroxyl groups is 1. The van der Waals surface area contributed by atoms with Crippen molar-refractivity contribution in [1.82, 2.24) is 25.5 Å². The van der Waals surface area contributed by atoms with Crippen molar-refractivity contribution >= 4 is 46.7 Å². The molecule has 0 spiro atoms. The number of amides is 2. The second kappa shape index (κ2) is 16.9. The maximum atomic E-state index is 15.4. The van der Waals surface area contributed by atoms with E-state index in [9.17, 15) is 14.7 Å². The highest BCUT2D eigenvalue weighted by Crippen LogP contribution is 2.42. The molecule has 1 aliphatic heterocycles. The van der Waals surface area contributed by atoms with Crippen LogP contribution < -0.4 is 20.7 Å². The number of hydrogen-bond acceptors (Lipinski definition) is 9. The lowest BCUT2D eigenvalue weighted by atomic mass is 10.0. The molecule has 4 N–H and O–H groups in total. The zero-order valence-electron chi connectivity index (χ0n) is 29.7. The van der Waals surface area contributed by atoms with Gasteiger partial charge in [0.15, 0.2) is 11.6 Å². The molecule has 1 saturated heterocycles. The number of methoxy groups -OCH3 is 1. The first-order chi connectivity index (χ1) is 24.7. The fraction of sp³-hybridized carbons (Fsp3) is 0.368. The maximum absolute atomic E-state index is 15.4. The molecule has 3 heterocycles. The van der Waals surface area contributed by atoms with Gasteiger partial charge in [0.05, 0.1) is 41.2 Å². The van der Waals surface area contributed by atoms with Crippen molar-refractivity contribution < 1.29 is 28.6 Å². The predicted molar refractivity (Wildman–Crippen MR) is 200 cm³/mol. The third-order valence-electron chi connectivity index (χ3n) is 8.25. The summed E-state index contributed by atoms with van der Waals surface area (Å²) in [5.74, 6) is -0.0706. The van der Waals surface area contributed by atoms with E-state index in [4.69, 9.17) is 32.7 Å². The minimum absolute atomic E-state index is 0.00215. The number of benzene rings is 2. The number of halogens is 3. The highest BCUT2D eigenvalue weighted by atomic mass is 35.5. The second-order valence-corrected chi connectivity index (χ2v) is 14.4. The van der Waals surface area contributed by atoms with Gasteiger partial charge in [-0.3, -0.25) is 9.78 Å². The van der Waals surface area contributed by atoms with Gasteiger partial charge < -0.3 is 35.4 Å². The number of nitrogens with one attached hydrogen (secondary N) is 3. The monoisotopic (exact) mass is 752 g/mol. The van der Waals surface area contributed by atoms with Crippen LogP contribution in [0.5, 0.6) is 5.75 Å². The van der Waals surface area contributed by atoms with Crippen LogP contribution in [-0.2, 0) is 22.6 Å². The largest absolute Gasteiger partial charge is 0.496 e. The Morgan fingerprint density at radius 3 is 2.54 bits per heavy atom. The number of hydrogen-bond donors (Lipinski definition) is 4. The Morgan fingerprint density at radius 1 is 1.10 bits per heavy atom. The second-order valence-electron chi connectivity index (χ2n) is 13.6. The van der Waals surface area contributed by atoms with E-state index in [1.54, 1.807) is 82.3 Å². The lowest BCUT2D eigenvalue weighted by Gasteiger charge is -2.29. The maximum Gasteiger partial charge on any atom is 0.410 e. The molecule has 2 amide bonds. The van der Waals surface area contributed by atoms with Crippen LogP contribution in [0.2, 0.25) is 10.0 Å². The molecule has 0 bridgehead atoms. The summed E-state index contributed by atoms with van der Waals surface area (Å²) in [6, 6.07) is 13.9. The SMILES string of the molecule is COc1cc(-c2nccc(-c3cccc(Nc4nccc(CNC[C@H](C)O)c4F)c3Cl)c2Cl)ccc1CN(C[C@@H]1CCC(=O)N1)C(=O)OC(C)(C)C. The number of carbonyl (C=O) groups is 2. The average molecular weight is 754 g/mol. The zero-order valence-corrected chi connectivity index (χ0v) is 31.2. The minimum atomic E-state index is -0.704. The highest BCUT2D eigenvalue weighted by Gasteiger charge is 2.29. The third kappa shape index (κ3) is 9.68. The standard InChI is InChI=1S/C38H43Cl2FN6O5/c1-22(48)18-42-19-24-13-15-44-36(34(24)41)46-29-8-6-7-27(32(29)39)28-14-16-43-35(33(28)40)23-9-10-25(30(17-23)51-5)20-47(37(50)52-38(2,3)4)21-26-11-12-31(49)45-26/h6-10,13-17,22,26,42,48H,11-12,18-21H2,1-5H3,(H,44,46)(H,45,49)/t22-,26-/m0/s1. The molecule has 4 aromatic rings. The smallest absolute Gasteiger partial charge is 0.410 e. The van der Waals surface area contributed by atoms with E-state index in [1.807, 2.05) is 12.1 Å². The molecule has 11 nitrogen and oxygen atoms in total. The molecule has 52 heavy (non-hydrogen) atoms.